The zero-order chi connectivity index (χ0) is 14.4. The second-order valence-corrected chi connectivity index (χ2v) is 5.01. The third kappa shape index (κ3) is 4.28. The van der Waals surface area contributed by atoms with E-state index in [-0.39, 0.29) is 5.75 Å². The summed E-state index contributed by atoms with van der Waals surface area (Å²) < 4.78 is 5.17. The predicted octanol–water partition coefficient (Wildman–Crippen LogP) is 3.12. The van der Waals surface area contributed by atoms with E-state index in [0.717, 1.165) is 18.5 Å². The lowest BCUT2D eigenvalue weighted by atomic mass is 10.1. The van der Waals surface area contributed by atoms with Crippen LogP contribution in [0, 0.1) is 0 Å². The third-order valence-electron chi connectivity index (χ3n) is 3.23. The van der Waals surface area contributed by atoms with Gasteiger partial charge in [-0.3, -0.25) is 0 Å². The summed E-state index contributed by atoms with van der Waals surface area (Å²) in [6.45, 7) is 2.98. The van der Waals surface area contributed by atoms with E-state index in [9.17, 15) is 5.11 Å². The Morgan fingerprint density at radius 1 is 1.10 bits per heavy atom. The maximum Gasteiger partial charge on any atom is 0.122 e. The highest BCUT2D eigenvalue weighted by Crippen LogP contribution is 2.22. The molecule has 0 fully saturated rings. The molecule has 0 radical (unpaired) electrons. The highest BCUT2D eigenvalue weighted by molar-refractivity contribution is 5.37. The second-order valence-electron chi connectivity index (χ2n) is 5.01. The summed E-state index contributed by atoms with van der Waals surface area (Å²) in [5, 5.41) is 13.1. The molecule has 0 bridgehead atoms. The molecule has 0 aliphatic rings. The number of phenols is 1. The van der Waals surface area contributed by atoms with Crippen LogP contribution in [0.3, 0.4) is 0 Å². The van der Waals surface area contributed by atoms with Crippen molar-refractivity contribution in [2.75, 3.05) is 7.11 Å². The Hall–Kier alpha value is -2.00. The highest BCUT2D eigenvalue weighted by Gasteiger charge is 2.06. The van der Waals surface area contributed by atoms with E-state index in [2.05, 4.69) is 24.4 Å². The minimum Gasteiger partial charge on any atom is -0.508 e. The lowest BCUT2D eigenvalue weighted by Crippen LogP contribution is -2.27. The van der Waals surface area contributed by atoms with Crippen molar-refractivity contribution in [2.45, 2.75) is 25.9 Å². The molecular formula is C17H21NO2. The van der Waals surface area contributed by atoms with Crippen LogP contribution >= 0.6 is 0 Å². The molecule has 2 aromatic carbocycles. The molecule has 0 amide bonds. The molecule has 0 saturated heterocycles. The molecule has 3 nitrogen and oxygen atoms in total. The van der Waals surface area contributed by atoms with Gasteiger partial charge >= 0.3 is 0 Å². The number of methoxy groups -OCH3 is 1. The molecule has 2 N–H and O–H groups in total. The number of phenolic OH excluding ortho intramolecular Hbond substituents is 1. The van der Waals surface area contributed by atoms with Crippen LogP contribution in [0.1, 0.15) is 18.1 Å². The number of ether oxygens (including phenoxy) is 1. The molecule has 0 heterocycles. The third-order valence-corrected chi connectivity index (χ3v) is 3.23. The molecule has 0 spiro atoms. The summed E-state index contributed by atoms with van der Waals surface area (Å²) in [5.41, 5.74) is 2.34. The first-order valence-corrected chi connectivity index (χ1v) is 6.81. The van der Waals surface area contributed by atoms with Crippen molar-refractivity contribution in [3.05, 3.63) is 59.7 Å². The van der Waals surface area contributed by atoms with Crippen LogP contribution in [-0.2, 0) is 13.0 Å². The maximum atomic E-state index is 9.65. The summed E-state index contributed by atoms with van der Waals surface area (Å²) in [5.74, 6) is 0.935. The van der Waals surface area contributed by atoms with Gasteiger partial charge < -0.3 is 15.2 Å². The molecule has 3 heteroatoms. The van der Waals surface area contributed by atoms with Gasteiger partial charge in [0.2, 0.25) is 0 Å². The molecule has 106 valence electrons. The summed E-state index contributed by atoms with van der Waals surface area (Å²) in [6, 6.07) is 16.0. The van der Waals surface area contributed by atoms with Crippen molar-refractivity contribution in [3.8, 4) is 11.5 Å². The van der Waals surface area contributed by atoms with Crippen LogP contribution in [0.15, 0.2) is 48.5 Å². The zero-order valence-electron chi connectivity index (χ0n) is 12.0. The summed E-state index contributed by atoms with van der Waals surface area (Å²) >= 11 is 0. The molecule has 0 aromatic heterocycles. The molecule has 0 unspecified atom stereocenters. The van der Waals surface area contributed by atoms with Gasteiger partial charge in [0, 0.05) is 18.7 Å². The minimum atomic E-state index is 0.245. The average Bonchev–Trinajstić information content (AvgIpc) is 2.45. The maximum absolute atomic E-state index is 9.65. The molecular weight excluding hydrogens is 250 g/mol. The van der Waals surface area contributed by atoms with E-state index in [1.165, 1.54) is 5.56 Å². The first kappa shape index (κ1) is 14.4. The van der Waals surface area contributed by atoms with E-state index < -0.39 is 0 Å². The fourth-order valence-electron chi connectivity index (χ4n) is 2.19. The molecule has 1 atom stereocenters. The number of rotatable bonds is 6. The monoisotopic (exact) mass is 271 g/mol. The number of nitrogens with one attached hydrogen (secondary N) is 1. The average molecular weight is 271 g/mol. The van der Waals surface area contributed by atoms with Gasteiger partial charge in [-0.25, -0.2) is 0 Å². The number of aromatic hydroxyl groups is 1. The summed E-state index contributed by atoms with van der Waals surface area (Å²) in [7, 11) is 1.61. The Bertz CT molecular complexity index is 540. The van der Waals surface area contributed by atoms with Gasteiger partial charge in [0.15, 0.2) is 0 Å². The van der Waals surface area contributed by atoms with Gasteiger partial charge in [0.1, 0.15) is 11.5 Å². The summed E-state index contributed by atoms with van der Waals surface area (Å²) in [4.78, 5) is 0. The van der Waals surface area contributed by atoms with Gasteiger partial charge in [-0.2, -0.15) is 0 Å². The topological polar surface area (TPSA) is 41.5 Å². The van der Waals surface area contributed by atoms with Gasteiger partial charge in [0.25, 0.3) is 0 Å². The van der Waals surface area contributed by atoms with E-state index >= 15 is 0 Å². The van der Waals surface area contributed by atoms with Crippen LogP contribution in [0.5, 0.6) is 11.5 Å². The van der Waals surface area contributed by atoms with Gasteiger partial charge in [-0.15, -0.1) is 0 Å². The van der Waals surface area contributed by atoms with E-state index in [0.29, 0.717) is 11.8 Å². The number of hydrogen-bond acceptors (Lipinski definition) is 3. The molecule has 0 saturated carbocycles. The van der Waals surface area contributed by atoms with Crippen LogP contribution in [-0.4, -0.2) is 18.3 Å². The molecule has 20 heavy (non-hydrogen) atoms. The van der Waals surface area contributed by atoms with Crippen molar-refractivity contribution in [2.24, 2.45) is 0 Å². The number of hydrogen-bond donors (Lipinski definition) is 2. The first-order chi connectivity index (χ1) is 9.67. The van der Waals surface area contributed by atoms with E-state index in [1.807, 2.05) is 24.3 Å². The van der Waals surface area contributed by atoms with Crippen molar-refractivity contribution in [1.82, 2.24) is 5.32 Å². The van der Waals surface area contributed by atoms with Crippen molar-refractivity contribution < 1.29 is 9.84 Å². The fourth-order valence-corrected chi connectivity index (χ4v) is 2.19. The lowest BCUT2D eigenvalue weighted by molar-refractivity contribution is 0.406. The Morgan fingerprint density at radius 3 is 2.55 bits per heavy atom. The highest BCUT2D eigenvalue weighted by atomic mass is 16.5. The number of benzene rings is 2. The van der Waals surface area contributed by atoms with Crippen LogP contribution in [0.2, 0.25) is 0 Å². The lowest BCUT2D eigenvalue weighted by Gasteiger charge is -2.15. The largest absolute Gasteiger partial charge is 0.508 e. The standard InChI is InChI=1S/C17H21NO2/c1-13(18-12-14-6-4-3-5-7-14)8-15-9-16(19)11-17(10-15)20-2/h3-7,9-11,13,18-19H,8,12H2,1-2H3/t13-/m1/s1. The quantitative estimate of drug-likeness (QED) is 0.848. The second kappa shape index (κ2) is 6.96. The summed E-state index contributed by atoms with van der Waals surface area (Å²) in [6.07, 6.45) is 0.845. The van der Waals surface area contributed by atoms with E-state index in [4.69, 9.17) is 4.74 Å². The van der Waals surface area contributed by atoms with Gasteiger partial charge in [-0.1, -0.05) is 30.3 Å². The Kier molecular flexibility index (Phi) is 5.02. The molecule has 0 aliphatic heterocycles. The Labute approximate surface area is 120 Å². The minimum absolute atomic E-state index is 0.245. The smallest absolute Gasteiger partial charge is 0.122 e. The fraction of sp³-hybridized carbons (Fsp3) is 0.294. The van der Waals surface area contributed by atoms with Gasteiger partial charge in [0.05, 0.1) is 7.11 Å². The normalized spacial score (nSPS) is 12.1. The van der Waals surface area contributed by atoms with E-state index in [1.54, 1.807) is 19.2 Å². The van der Waals surface area contributed by atoms with Gasteiger partial charge in [-0.05, 0) is 36.6 Å². The van der Waals surface area contributed by atoms with Crippen molar-refractivity contribution in [1.29, 1.82) is 0 Å². The predicted molar refractivity (Wildman–Crippen MR) is 81.1 cm³/mol. The van der Waals surface area contributed by atoms with Crippen molar-refractivity contribution >= 4 is 0 Å². The first-order valence-electron chi connectivity index (χ1n) is 6.81. The van der Waals surface area contributed by atoms with Crippen LogP contribution in [0.4, 0.5) is 0 Å². The SMILES string of the molecule is COc1cc(O)cc(C[C@@H](C)NCc2ccccc2)c1. The van der Waals surface area contributed by atoms with Crippen LogP contribution in [0.25, 0.3) is 0 Å². The Balaban J connectivity index is 1.91. The van der Waals surface area contributed by atoms with Crippen molar-refractivity contribution in [3.63, 3.8) is 0 Å². The molecule has 0 aliphatic carbocycles. The van der Waals surface area contributed by atoms with Crippen LogP contribution < -0.4 is 10.1 Å². The molecule has 2 rings (SSSR count). The zero-order valence-corrected chi connectivity index (χ0v) is 12.0. The molecule has 2 aromatic rings. The Morgan fingerprint density at radius 2 is 1.85 bits per heavy atom.